The second-order valence-corrected chi connectivity index (χ2v) is 9.05. The Morgan fingerprint density at radius 2 is 1.87 bits per heavy atom. The Morgan fingerprint density at radius 3 is 2.55 bits per heavy atom. The van der Waals surface area contributed by atoms with E-state index in [1.54, 1.807) is 19.7 Å². The van der Waals surface area contributed by atoms with E-state index in [1.165, 1.54) is 5.56 Å². The molecule has 1 fully saturated rings. The third kappa shape index (κ3) is 4.97. The van der Waals surface area contributed by atoms with Crippen molar-refractivity contribution in [3.8, 4) is 11.5 Å². The van der Waals surface area contributed by atoms with Crippen LogP contribution in [-0.4, -0.2) is 51.0 Å². The molecule has 1 aliphatic rings. The predicted octanol–water partition coefficient (Wildman–Crippen LogP) is 3.95. The number of ether oxygens (including phenoxy) is 2. The molecule has 1 aliphatic heterocycles. The van der Waals surface area contributed by atoms with Crippen LogP contribution >= 0.6 is 0 Å². The Labute approximate surface area is 185 Å². The summed E-state index contributed by atoms with van der Waals surface area (Å²) in [5.74, 6) is 2.08. The molecule has 0 spiro atoms. The summed E-state index contributed by atoms with van der Waals surface area (Å²) in [6.07, 6.45) is 4.97. The van der Waals surface area contributed by atoms with Gasteiger partial charge in [-0.3, -0.25) is 0 Å². The van der Waals surface area contributed by atoms with Gasteiger partial charge in [-0.2, -0.15) is 0 Å². The molecular weight excluding hydrogens is 412 g/mol. The largest absolute Gasteiger partial charge is 0.493 e. The number of methoxy groups -OCH3 is 1. The van der Waals surface area contributed by atoms with Crippen LogP contribution in [0.15, 0.2) is 48.8 Å². The molecule has 0 amide bonds. The summed E-state index contributed by atoms with van der Waals surface area (Å²) in [5.41, 5.74) is 1.97. The number of fused-ring (bicyclic) bond motifs is 1. The van der Waals surface area contributed by atoms with Gasteiger partial charge in [-0.05, 0) is 31.4 Å². The minimum atomic E-state index is -0.935. The van der Waals surface area contributed by atoms with Gasteiger partial charge in [-0.1, -0.05) is 30.3 Å². The van der Waals surface area contributed by atoms with Crippen molar-refractivity contribution >= 4 is 27.7 Å². The first-order valence-electron chi connectivity index (χ1n) is 10.4. The molecule has 0 radical (unpaired) electrons. The Kier molecular flexibility index (Phi) is 6.67. The van der Waals surface area contributed by atoms with Crippen LogP contribution in [0.2, 0.25) is 0 Å². The smallest absolute Gasteiger partial charge is 0.162 e. The van der Waals surface area contributed by atoms with Crippen LogP contribution in [-0.2, 0) is 11.0 Å². The van der Waals surface area contributed by atoms with E-state index < -0.39 is 11.0 Å². The number of piperidine rings is 1. The number of anilines is 1. The maximum Gasteiger partial charge on any atom is 0.162 e. The first-order chi connectivity index (χ1) is 15.0. The monoisotopic (exact) mass is 440 g/mol. The highest BCUT2D eigenvalue weighted by Crippen LogP contribution is 2.36. The van der Waals surface area contributed by atoms with Crippen molar-refractivity contribution in [1.29, 1.82) is 0 Å². The summed E-state index contributed by atoms with van der Waals surface area (Å²) in [6.45, 7) is 3.62. The number of nitrogens with zero attached hydrogens (tertiary/aromatic N) is 3. The van der Waals surface area contributed by atoms with Crippen LogP contribution in [0.4, 0.5) is 5.82 Å². The summed E-state index contributed by atoms with van der Waals surface area (Å²) in [6, 6.07) is 14.2. The van der Waals surface area contributed by atoms with E-state index >= 15 is 0 Å². The minimum absolute atomic E-state index is 0.0513. The zero-order chi connectivity index (χ0) is 21.8. The Bertz CT molecular complexity index is 1060. The number of benzene rings is 2. The average Bonchev–Trinajstić information content (AvgIpc) is 2.80. The molecule has 7 nitrogen and oxygen atoms in total. The molecule has 1 unspecified atom stereocenters. The normalized spacial score (nSPS) is 17.3. The fraction of sp³-hybridized carbons (Fsp3) is 0.391. The third-order valence-corrected chi connectivity index (χ3v) is 6.72. The lowest BCUT2D eigenvalue weighted by molar-refractivity contribution is 0.133. The van der Waals surface area contributed by atoms with Crippen molar-refractivity contribution in [1.82, 2.24) is 14.3 Å². The van der Waals surface area contributed by atoms with Crippen molar-refractivity contribution in [3.63, 3.8) is 0 Å². The molecule has 8 heteroatoms. The quantitative estimate of drug-likeness (QED) is 0.600. The molecule has 4 rings (SSSR count). The van der Waals surface area contributed by atoms with E-state index in [4.69, 9.17) is 9.47 Å². The predicted molar refractivity (Wildman–Crippen MR) is 124 cm³/mol. The molecule has 0 bridgehead atoms. The first-order valence-corrected chi connectivity index (χ1v) is 12.0. The highest BCUT2D eigenvalue weighted by molar-refractivity contribution is 7.81. The van der Waals surface area contributed by atoms with Crippen LogP contribution in [0, 0.1) is 0 Å². The van der Waals surface area contributed by atoms with Crippen LogP contribution in [0.25, 0.3) is 10.9 Å². The molecular formula is C23H28N4O3S. The second-order valence-electron chi connectivity index (χ2n) is 7.69. The lowest BCUT2D eigenvalue weighted by Gasteiger charge is -2.30. The van der Waals surface area contributed by atoms with Crippen molar-refractivity contribution in [2.75, 3.05) is 31.8 Å². The van der Waals surface area contributed by atoms with Gasteiger partial charge in [0.15, 0.2) is 11.5 Å². The van der Waals surface area contributed by atoms with E-state index in [-0.39, 0.29) is 12.1 Å². The fourth-order valence-electron chi connectivity index (χ4n) is 3.85. The van der Waals surface area contributed by atoms with E-state index in [9.17, 15) is 4.21 Å². The summed E-state index contributed by atoms with van der Waals surface area (Å²) < 4.78 is 25.6. The standard InChI is InChI=1S/C23H28N4O3S/c1-16(17-7-5-4-6-8-17)26-23-19-13-22(21(29-2)14-20(19)24-15-25-23)30-18-9-11-27(12-10-18)31(3)28/h4-8,13-16,18H,9-12H2,1-3H3,(H,24,25,26)/t16-,31?/m1/s1. The van der Waals surface area contributed by atoms with Gasteiger partial charge in [-0.15, -0.1) is 0 Å². The first kappa shape index (κ1) is 21.5. The third-order valence-electron chi connectivity index (χ3n) is 5.63. The van der Waals surface area contributed by atoms with Gasteiger partial charge in [0.2, 0.25) is 0 Å². The zero-order valence-corrected chi connectivity index (χ0v) is 18.9. The molecule has 164 valence electrons. The molecule has 0 saturated carbocycles. The van der Waals surface area contributed by atoms with E-state index in [1.807, 2.05) is 34.6 Å². The van der Waals surface area contributed by atoms with Crippen LogP contribution in [0.5, 0.6) is 11.5 Å². The van der Waals surface area contributed by atoms with Gasteiger partial charge < -0.3 is 14.8 Å². The van der Waals surface area contributed by atoms with Gasteiger partial charge in [0.05, 0.1) is 23.6 Å². The van der Waals surface area contributed by atoms with Crippen molar-refractivity contribution in [2.45, 2.75) is 31.9 Å². The van der Waals surface area contributed by atoms with Gasteiger partial charge in [-0.25, -0.2) is 18.5 Å². The maximum atomic E-state index is 11.7. The SMILES string of the molecule is COc1cc2ncnc(N[C@H](C)c3ccccc3)c2cc1OC1CCN(S(C)=O)CC1. The Hall–Kier alpha value is -2.71. The van der Waals surface area contributed by atoms with Crippen LogP contribution in [0.3, 0.4) is 0 Å². The van der Waals surface area contributed by atoms with Gasteiger partial charge in [0.25, 0.3) is 0 Å². The number of aromatic nitrogens is 2. The van der Waals surface area contributed by atoms with E-state index in [0.717, 1.165) is 42.7 Å². The van der Waals surface area contributed by atoms with Gasteiger partial charge in [0, 0.05) is 36.8 Å². The van der Waals surface area contributed by atoms with Crippen molar-refractivity contribution < 1.29 is 13.7 Å². The lowest BCUT2D eigenvalue weighted by Crippen LogP contribution is -2.38. The number of nitrogens with one attached hydrogen (secondary N) is 1. The minimum Gasteiger partial charge on any atom is -0.493 e. The number of rotatable bonds is 7. The molecule has 2 heterocycles. The Balaban J connectivity index is 1.59. The van der Waals surface area contributed by atoms with Crippen LogP contribution in [0.1, 0.15) is 31.4 Å². The molecule has 3 aromatic rings. The highest BCUT2D eigenvalue weighted by atomic mass is 32.2. The molecule has 1 aromatic heterocycles. The maximum absolute atomic E-state index is 11.7. The van der Waals surface area contributed by atoms with E-state index in [2.05, 4.69) is 34.3 Å². The van der Waals surface area contributed by atoms with Gasteiger partial charge >= 0.3 is 0 Å². The van der Waals surface area contributed by atoms with E-state index in [0.29, 0.717) is 11.5 Å². The second kappa shape index (κ2) is 9.62. The average molecular weight is 441 g/mol. The molecule has 2 aromatic carbocycles. The molecule has 0 aliphatic carbocycles. The van der Waals surface area contributed by atoms with Gasteiger partial charge in [0.1, 0.15) is 18.2 Å². The Morgan fingerprint density at radius 1 is 1.13 bits per heavy atom. The topological polar surface area (TPSA) is 76.6 Å². The number of hydrogen-bond acceptors (Lipinski definition) is 6. The van der Waals surface area contributed by atoms with Crippen LogP contribution < -0.4 is 14.8 Å². The summed E-state index contributed by atoms with van der Waals surface area (Å²) in [5, 5.41) is 4.38. The van der Waals surface area contributed by atoms with Crippen molar-refractivity contribution in [2.24, 2.45) is 0 Å². The fourth-order valence-corrected chi connectivity index (χ4v) is 4.57. The molecule has 31 heavy (non-hydrogen) atoms. The number of hydrogen-bond donors (Lipinski definition) is 1. The lowest BCUT2D eigenvalue weighted by atomic mass is 10.1. The summed E-state index contributed by atoms with van der Waals surface area (Å²) >= 11 is 0. The highest BCUT2D eigenvalue weighted by Gasteiger charge is 2.24. The molecule has 1 saturated heterocycles. The zero-order valence-electron chi connectivity index (χ0n) is 18.1. The summed E-state index contributed by atoms with van der Waals surface area (Å²) in [4.78, 5) is 8.91. The molecule has 1 N–H and O–H groups in total. The van der Waals surface area contributed by atoms with Crippen molar-refractivity contribution in [3.05, 3.63) is 54.4 Å². The molecule has 2 atom stereocenters. The summed E-state index contributed by atoms with van der Waals surface area (Å²) in [7, 11) is 0.699.